The molecule has 0 saturated carbocycles. The zero-order chi connectivity index (χ0) is 20.8. The van der Waals surface area contributed by atoms with Crippen LogP contribution in [-0.2, 0) is 0 Å². The standard InChI is InChI=1S/C21H22N4O4/c1-25(15-8-6-5-7-9-15)19-11-10-18(23-24-19)22-21(26)14-12-16(27-2)20(29-4)17(13-14)28-3/h5-13H,1-4H3,(H,22,23,26). The van der Waals surface area contributed by atoms with Gasteiger partial charge in [0.25, 0.3) is 5.91 Å². The highest BCUT2D eigenvalue weighted by atomic mass is 16.5. The summed E-state index contributed by atoms with van der Waals surface area (Å²) in [6.45, 7) is 0. The first-order valence-corrected chi connectivity index (χ1v) is 8.81. The van der Waals surface area contributed by atoms with Crippen LogP contribution < -0.4 is 24.4 Å². The number of methoxy groups -OCH3 is 3. The van der Waals surface area contributed by atoms with Crippen LogP contribution in [0.25, 0.3) is 0 Å². The van der Waals surface area contributed by atoms with Crippen molar-refractivity contribution in [3.05, 3.63) is 60.2 Å². The fraction of sp³-hybridized carbons (Fsp3) is 0.190. The van der Waals surface area contributed by atoms with Crippen LogP contribution in [0.1, 0.15) is 10.4 Å². The van der Waals surface area contributed by atoms with E-state index < -0.39 is 0 Å². The Bertz CT molecular complexity index is 953. The predicted molar refractivity (Wildman–Crippen MR) is 111 cm³/mol. The van der Waals surface area contributed by atoms with Crippen molar-refractivity contribution < 1.29 is 19.0 Å². The summed E-state index contributed by atoms with van der Waals surface area (Å²) in [5.74, 6) is 1.81. The summed E-state index contributed by atoms with van der Waals surface area (Å²) >= 11 is 0. The maximum absolute atomic E-state index is 12.6. The Kier molecular flexibility index (Phi) is 6.13. The third-order valence-electron chi connectivity index (χ3n) is 4.31. The first-order chi connectivity index (χ1) is 14.1. The number of carbonyl (C=O) groups is 1. The van der Waals surface area contributed by atoms with Crippen molar-refractivity contribution in [2.75, 3.05) is 38.6 Å². The summed E-state index contributed by atoms with van der Waals surface area (Å²) in [4.78, 5) is 14.5. The van der Waals surface area contributed by atoms with E-state index in [0.29, 0.717) is 34.4 Å². The number of amides is 1. The molecule has 0 aliphatic heterocycles. The van der Waals surface area contributed by atoms with Crippen LogP contribution in [0.5, 0.6) is 17.2 Å². The van der Waals surface area contributed by atoms with Gasteiger partial charge in [-0.3, -0.25) is 4.79 Å². The third-order valence-corrected chi connectivity index (χ3v) is 4.31. The second-order valence-corrected chi connectivity index (χ2v) is 6.04. The smallest absolute Gasteiger partial charge is 0.257 e. The zero-order valence-corrected chi connectivity index (χ0v) is 16.7. The van der Waals surface area contributed by atoms with Gasteiger partial charge in [-0.15, -0.1) is 10.2 Å². The lowest BCUT2D eigenvalue weighted by Crippen LogP contribution is -2.16. The molecule has 150 valence electrons. The summed E-state index contributed by atoms with van der Waals surface area (Å²) < 4.78 is 15.8. The highest BCUT2D eigenvalue weighted by molar-refractivity contribution is 6.04. The van der Waals surface area contributed by atoms with Gasteiger partial charge in [-0.05, 0) is 36.4 Å². The Morgan fingerprint density at radius 1 is 0.897 bits per heavy atom. The van der Waals surface area contributed by atoms with Gasteiger partial charge in [0, 0.05) is 18.3 Å². The summed E-state index contributed by atoms with van der Waals surface area (Å²) in [7, 11) is 6.38. The molecule has 3 aromatic rings. The van der Waals surface area contributed by atoms with Crippen LogP contribution in [0.2, 0.25) is 0 Å². The van der Waals surface area contributed by atoms with Gasteiger partial charge in [-0.25, -0.2) is 0 Å². The van der Waals surface area contributed by atoms with E-state index in [9.17, 15) is 4.79 Å². The van der Waals surface area contributed by atoms with Crippen molar-refractivity contribution in [3.63, 3.8) is 0 Å². The largest absolute Gasteiger partial charge is 0.493 e. The second-order valence-electron chi connectivity index (χ2n) is 6.04. The van der Waals surface area contributed by atoms with Crippen LogP contribution in [0.15, 0.2) is 54.6 Å². The minimum Gasteiger partial charge on any atom is -0.493 e. The molecule has 2 aromatic carbocycles. The Labute approximate surface area is 169 Å². The van der Waals surface area contributed by atoms with Gasteiger partial charge in [0.05, 0.1) is 21.3 Å². The Morgan fingerprint density at radius 2 is 1.55 bits per heavy atom. The predicted octanol–water partition coefficient (Wildman–Crippen LogP) is 3.52. The molecule has 8 heteroatoms. The Morgan fingerprint density at radius 3 is 2.07 bits per heavy atom. The molecule has 0 atom stereocenters. The van der Waals surface area contributed by atoms with Crippen LogP contribution in [0.3, 0.4) is 0 Å². The first kappa shape index (κ1) is 19.9. The van der Waals surface area contributed by atoms with E-state index in [-0.39, 0.29) is 5.91 Å². The molecule has 0 aliphatic rings. The number of rotatable bonds is 7. The van der Waals surface area contributed by atoms with E-state index in [0.717, 1.165) is 5.69 Å². The quantitative estimate of drug-likeness (QED) is 0.656. The molecule has 0 aliphatic carbocycles. The van der Waals surface area contributed by atoms with Gasteiger partial charge < -0.3 is 24.4 Å². The maximum atomic E-state index is 12.6. The monoisotopic (exact) mass is 394 g/mol. The summed E-state index contributed by atoms with van der Waals surface area (Å²) in [5, 5.41) is 11.0. The number of ether oxygens (including phenoxy) is 3. The minimum absolute atomic E-state index is 0.328. The van der Waals surface area contributed by atoms with Crippen molar-refractivity contribution in [2.24, 2.45) is 0 Å². The molecule has 0 spiro atoms. The zero-order valence-electron chi connectivity index (χ0n) is 16.7. The molecule has 8 nitrogen and oxygen atoms in total. The topological polar surface area (TPSA) is 85.8 Å². The van der Waals surface area contributed by atoms with Gasteiger partial charge in [0.2, 0.25) is 5.75 Å². The molecule has 1 amide bonds. The molecule has 0 saturated heterocycles. The third kappa shape index (κ3) is 4.37. The average Bonchev–Trinajstić information content (AvgIpc) is 2.78. The van der Waals surface area contributed by atoms with Gasteiger partial charge in [-0.1, -0.05) is 18.2 Å². The molecule has 1 aromatic heterocycles. The number of hydrogen-bond donors (Lipinski definition) is 1. The minimum atomic E-state index is -0.372. The van der Waals surface area contributed by atoms with Crippen molar-refractivity contribution >= 4 is 23.2 Å². The fourth-order valence-corrected chi connectivity index (χ4v) is 2.76. The van der Waals surface area contributed by atoms with E-state index >= 15 is 0 Å². The maximum Gasteiger partial charge on any atom is 0.257 e. The molecule has 0 fully saturated rings. The lowest BCUT2D eigenvalue weighted by atomic mass is 10.1. The van der Waals surface area contributed by atoms with Crippen molar-refractivity contribution in [1.82, 2.24) is 10.2 Å². The van der Waals surface area contributed by atoms with Gasteiger partial charge in [0.1, 0.15) is 0 Å². The van der Waals surface area contributed by atoms with E-state index in [1.807, 2.05) is 42.3 Å². The van der Waals surface area contributed by atoms with E-state index in [1.165, 1.54) is 21.3 Å². The molecule has 3 rings (SSSR count). The molecule has 0 bridgehead atoms. The van der Waals surface area contributed by atoms with Crippen molar-refractivity contribution in [2.45, 2.75) is 0 Å². The van der Waals surface area contributed by atoms with Crippen LogP contribution in [0, 0.1) is 0 Å². The normalized spacial score (nSPS) is 10.2. The fourth-order valence-electron chi connectivity index (χ4n) is 2.76. The summed E-state index contributed by atoms with van der Waals surface area (Å²) in [5.41, 5.74) is 1.32. The lowest BCUT2D eigenvalue weighted by Gasteiger charge is -2.17. The van der Waals surface area contributed by atoms with E-state index in [4.69, 9.17) is 14.2 Å². The first-order valence-electron chi connectivity index (χ1n) is 8.81. The summed E-state index contributed by atoms with van der Waals surface area (Å²) in [6, 6.07) is 16.4. The van der Waals surface area contributed by atoms with Gasteiger partial charge in [0.15, 0.2) is 23.1 Å². The SMILES string of the molecule is COc1cc(C(=O)Nc2ccc(N(C)c3ccccc3)nn2)cc(OC)c1OC. The van der Waals surface area contributed by atoms with E-state index in [2.05, 4.69) is 15.5 Å². The Hall–Kier alpha value is -3.81. The van der Waals surface area contributed by atoms with Crippen LogP contribution in [0.4, 0.5) is 17.3 Å². The van der Waals surface area contributed by atoms with Crippen molar-refractivity contribution in [3.8, 4) is 17.2 Å². The molecule has 29 heavy (non-hydrogen) atoms. The molecule has 0 radical (unpaired) electrons. The number of aromatic nitrogens is 2. The second kappa shape index (κ2) is 8.92. The highest BCUT2D eigenvalue weighted by Crippen LogP contribution is 2.38. The number of benzene rings is 2. The molecule has 1 heterocycles. The highest BCUT2D eigenvalue weighted by Gasteiger charge is 2.17. The van der Waals surface area contributed by atoms with Crippen molar-refractivity contribution in [1.29, 1.82) is 0 Å². The number of para-hydroxylation sites is 1. The lowest BCUT2D eigenvalue weighted by molar-refractivity contribution is 0.102. The van der Waals surface area contributed by atoms with Crippen LogP contribution >= 0.6 is 0 Å². The van der Waals surface area contributed by atoms with E-state index in [1.54, 1.807) is 24.3 Å². The number of hydrogen-bond acceptors (Lipinski definition) is 7. The summed E-state index contributed by atoms with van der Waals surface area (Å²) in [6.07, 6.45) is 0. The van der Waals surface area contributed by atoms with Crippen LogP contribution in [-0.4, -0.2) is 44.5 Å². The average molecular weight is 394 g/mol. The number of anilines is 3. The number of nitrogens with zero attached hydrogens (tertiary/aromatic N) is 3. The number of carbonyl (C=O) groups excluding carboxylic acids is 1. The number of nitrogens with one attached hydrogen (secondary N) is 1. The van der Waals surface area contributed by atoms with Gasteiger partial charge in [-0.2, -0.15) is 0 Å². The Balaban J connectivity index is 1.77. The molecule has 0 unspecified atom stereocenters. The molecular weight excluding hydrogens is 372 g/mol. The van der Waals surface area contributed by atoms with Gasteiger partial charge >= 0.3 is 0 Å². The molecular formula is C21H22N4O4. The molecule has 1 N–H and O–H groups in total.